The van der Waals surface area contributed by atoms with E-state index in [0.29, 0.717) is 16.9 Å². The number of aliphatic hydroxyl groups is 1. The summed E-state index contributed by atoms with van der Waals surface area (Å²) in [6, 6.07) is 0. The van der Waals surface area contributed by atoms with Crippen LogP contribution in [0.3, 0.4) is 0 Å². The topological polar surface area (TPSA) is 93.1 Å². The Kier molecular flexibility index (Phi) is 5.28. The number of hydrogen-bond acceptors (Lipinski definition) is 6. The van der Waals surface area contributed by atoms with Crippen LogP contribution in [0.15, 0.2) is 6.08 Å². The molecule has 0 bridgehead atoms. The molecule has 2 heterocycles. The molecule has 2 N–H and O–H groups in total. The van der Waals surface area contributed by atoms with E-state index in [4.69, 9.17) is 9.47 Å². The number of ketones is 1. The van der Waals surface area contributed by atoms with Gasteiger partial charge in [-0.15, -0.1) is 0 Å². The van der Waals surface area contributed by atoms with Gasteiger partial charge in [-0.2, -0.15) is 0 Å². The van der Waals surface area contributed by atoms with Crippen molar-refractivity contribution < 1.29 is 29.3 Å². The number of carbonyl (C=O) groups excluding carboxylic acids is 2. The second-order valence-electron chi connectivity index (χ2n) is 8.31. The molecule has 6 heteroatoms. The third-order valence-electron chi connectivity index (χ3n) is 5.53. The van der Waals surface area contributed by atoms with Gasteiger partial charge in [-0.1, -0.05) is 20.3 Å². The Balaban J connectivity index is 2.32. The summed E-state index contributed by atoms with van der Waals surface area (Å²) in [6.45, 7) is 8.92. The summed E-state index contributed by atoms with van der Waals surface area (Å²) in [5.74, 6) is -1.55. The van der Waals surface area contributed by atoms with Crippen LogP contribution >= 0.6 is 0 Å². The lowest BCUT2D eigenvalue weighted by atomic mass is 9.81. The van der Waals surface area contributed by atoms with Gasteiger partial charge in [0.1, 0.15) is 22.7 Å². The largest absolute Gasteiger partial charge is 0.506 e. The number of rotatable bonds is 5. The van der Waals surface area contributed by atoms with E-state index in [-0.39, 0.29) is 29.4 Å². The van der Waals surface area contributed by atoms with E-state index in [1.165, 1.54) is 6.92 Å². The number of ether oxygens (including phenoxy) is 2. The maximum absolute atomic E-state index is 13.1. The van der Waals surface area contributed by atoms with E-state index in [2.05, 4.69) is 0 Å². The zero-order valence-corrected chi connectivity index (χ0v) is 17.0. The molecule has 1 unspecified atom stereocenters. The van der Waals surface area contributed by atoms with Crippen molar-refractivity contribution in [1.29, 1.82) is 0 Å². The molecule has 2 aliphatic heterocycles. The van der Waals surface area contributed by atoms with Gasteiger partial charge in [-0.25, -0.2) is 0 Å². The Morgan fingerprint density at radius 1 is 1.32 bits per heavy atom. The first-order valence-electron chi connectivity index (χ1n) is 9.81. The van der Waals surface area contributed by atoms with Gasteiger partial charge >= 0.3 is 5.97 Å². The molecule has 3 atom stereocenters. The van der Waals surface area contributed by atoms with Crippen LogP contribution in [-0.2, 0) is 4.79 Å². The molecule has 1 aromatic carbocycles. The van der Waals surface area contributed by atoms with Crippen LogP contribution in [-0.4, -0.2) is 33.7 Å². The monoisotopic (exact) mass is 388 g/mol. The molecule has 6 nitrogen and oxygen atoms in total. The third-order valence-corrected chi connectivity index (χ3v) is 5.53. The van der Waals surface area contributed by atoms with Crippen molar-refractivity contribution in [1.82, 2.24) is 0 Å². The number of phenols is 1. The SMILES string of the molecule is CCCC1CC(=O)Oc2c(C(=O)[C@H](C)[C@@H](C)O)c(O)c3c(c21)OC(C)(C)C=C3. The van der Waals surface area contributed by atoms with E-state index in [1.54, 1.807) is 13.0 Å². The van der Waals surface area contributed by atoms with E-state index >= 15 is 0 Å². The summed E-state index contributed by atoms with van der Waals surface area (Å²) < 4.78 is 11.7. The maximum atomic E-state index is 13.1. The summed E-state index contributed by atoms with van der Waals surface area (Å²) in [4.78, 5) is 25.4. The maximum Gasteiger partial charge on any atom is 0.311 e. The highest BCUT2D eigenvalue weighted by Gasteiger charge is 2.41. The van der Waals surface area contributed by atoms with Gasteiger partial charge in [0.05, 0.1) is 18.1 Å². The van der Waals surface area contributed by atoms with E-state index in [9.17, 15) is 19.8 Å². The fraction of sp³-hybridized carbons (Fsp3) is 0.545. The Morgan fingerprint density at radius 2 is 2.00 bits per heavy atom. The van der Waals surface area contributed by atoms with Gasteiger partial charge in [0.15, 0.2) is 11.5 Å². The molecule has 152 valence electrons. The minimum Gasteiger partial charge on any atom is -0.506 e. The Labute approximate surface area is 165 Å². The van der Waals surface area contributed by atoms with Crippen molar-refractivity contribution in [2.75, 3.05) is 0 Å². The lowest BCUT2D eigenvalue weighted by Crippen LogP contribution is -2.32. The van der Waals surface area contributed by atoms with Gasteiger partial charge < -0.3 is 19.7 Å². The molecule has 0 radical (unpaired) electrons. The standard InChI is InChI=1S/C22H28O6/c1-6-7-13-10-15(24)27-21-16(13)20-14(8-9-22(4,5)28-20)19(26)17(21)18(25)11(2)12(3)23/h8-9,11-13,23,26H,6-7,10H2,1-5H3/t11-,12-,13?/m1/s1. The summed E-state index contributed by atoms with van der Waals surface area (Å²) >= 11 is 0. The van der Waals surface area contributed by atoms with Gasteiger partial charge in [0, 0.05) is 17.4 Å². The number of benzene rings is 1. The van der Waals surface area contributed by atoms with Crippen molar-refractivity contribution in [2.24, 2.45) is 5.92 Å². The van der Waals surface area contributed by atoms with Crippen molar-refractivity contribution in [3.05, 3.63) is 22.8 Å². The summed E-state index contributed by atoms with van der Waals surface area (Å²) in [5.41, 5.74) is 0.430. The molecule has 2 aliphatic rings. The average molecular weight is 388 g/mol. The predicted octanol–water partition coefficient (Wildman–Crippen LogP) is 3.97. The quantitative estimate of drug-likeness (QED) is 0.450. The Hall–Kier alpha value is -2.34. The van der Waals surface area contributed by atoms with Gasteiger partial charge in [0.25, 0.3) is 0 Å². The number of hydrogen-bond donors (Lipinski definition) is 2. The molecule has 0 fully saturated rings. The van der Waals surface area contributed by atoms with Crippen LogP contribution in [0.1, 0.15) is 81.3 Å². The van der Waals surface area contributed by atoms with Gasteiger partial charge in [-0.05, 0) is 39.3 Å². The van der Waals surface area contributed by atoms with E-state index in [1.807, 2.05) is 26.8 Å². The molecule has 3 rings (SSSR count). The second kappa shape index (κ2) is 7.24. The summed E-state index contributed by atoms with van der Waals surface area (Å²) in [7, 11) is 0. The molecule has 0 spiro atoms. The Morgan fingerprint density at radius 3 is 2.61 bits per heavy atom. The van der Waals surface area contributed by atoms with Gasteiger partial charge in [-0.3, -0.25) is 9.59 Å². The molecular formula is C22H28O6. The number of carbonyl (C=O) groups is 2. The first-order valence-corrected chi connectivity index (χ1v) is 9.81. The van der Waals surface area contributed by atoms with Crippen molar-refractivity contribution in [3.8, 4) is 17.2 Å². The third kappa shape index (κ3) is 3.41. The van der Waals surface area contributed by atoms with Crippen LogP contribution < -0.4 is 9.47 Å². The van der Waals surface area contributed by atoms with Crippen molar-refractivity contribution in [2.45, 2.75) is 71.5 Å². The fourth-order valence-corrected chi connectivity index (χ4v) is 3.78. The second-order valence-corrected chi connectivity index (χ2v) is 8.31. The number of phenolic OH excluding ortho intramolecular Hbond substituents is 1. The van der Waals surface area contributed by atoms with E-state index in [0.717, 1.165) is 12.8 Å². The average Bonchev–Trinajstić information content (AvgIpc) is 2.59. The molecule has 0 saturated heterocycles. The molecular weight excluding hydrogens is 360 g/mol. The number of aliphatic hydroxyl groups excluding tert-OH is 1. The first kappa shape index (κ1) is 20.4. The molecule has 0 saturated carbocycles. The van der Waals surface area contributed by atoms with Crippen LogP contribution in [0.4, 0.5) is 0 Å². The van der Waals surface area contributed by atoms with Gasteiger partial charge in [0.2, 0.25) is 0 Å². The summed E-state index contributed by atoms with van der Waals surface area (Å²) in [6.07, 6.45) is 4.43. The minimum absolute atomic E-state index is 0.0516. The predicted molar refractivity (Wildman–Crippen MR) is 105 cm³/mol. The van der Waals surface area contributed by atoms with Crippen LogP contribution in [0.2, 0.25) is 0 Å². The molecule has 0 aliphatic carbocycles. The highest BCUT2D eigenvalue weighted by atomic mass is 16.5. The van der Waals surface area contributed by atoms with Crippen molar-refractivity contribution in [3.63, 3.8) is 0 Å². The summed E-state index contributed by atoms with van der Waals surface area (Å²) in [5, 5.41) is 20.8. The van der Waals surface area contributed by atoms with Crippen LogP contribution in [0.5, 0.6) is 17.2 Å². The zero-order valence-electron chi connectivity index (χ0n) is 17.0. The number of aromatic hydroxyl groups is 1. The molecule has 0 aromatic heterocycles. The minimum atomic E-state index is -0.907. The number of Topliss-reactive ketones (excluding diaryl/α,β-unsaturated/α-hetero) is 1. The zero-order chi connectivity index (χ0) is 20.8. The molecule has 28 heavy (non-hydrogen) atoms. The van der Waals surface area contributed by atoms with E-state index < -0.39 is 29.4 Å². The normalized spacial score (nSPS) is 21.8. The lowest BCUT2D eigenvalue weighted by molar-refractivity contribution is -0.136. The highest BCUT2D eigenvalue weighted by Crippen LogP contribution is 2.53. The molecule has 1 aromatic rings. The van der Waals surface area contributed by atoms with Crippen LogP contribution in [0, 0.1) is 5.92 Å². The Bertz CT molecular complexity index is 849. The smallest absolute Gasteiger partial charge is 0.311 e. The first-order chi connectivity index (χ1) is 13.1. The number of fused-ring (bicyclic) bond motifs is 3. The van der Waals surface area contributed by atoms with Crippen LogP contribution in [0.25, 0.3) is 6.08 Å². The molecule has 0 amide bonds. The lowest BCUT2D eigenvalue weighted by Gasteiger charge is -2.35. The number of esters is 1. The highest BCUT2D eigenvalue weighted by molar-refractivity contribution is 6.06. The van der Waals surface area contributed by atoms with Crippen molar-refractivity contribution >= 4 is 17.8 Å². The fourth-order valence-electron chi connectivity index (χ4n) is 3.78.